The van der Waals surface area contributed by atoms with E-state index in [9.17, 15) is 0 Å². The maximum absolute atomic E-state index is 5.91. The number of hydrogen-bond acceptors (Lipinski definition) is 0. The summed E-state index contributed by atoms with van der Waals surface area (Å²) in [6.45, 7) is 0. The lowest BCUT2D eigenvalue weighted by Gasteiger charge is -2.03. The minimum Gasteiger partial charge on any atom is -0.0830 e. The summed E-state index contributed by atoms with van der Waals surface area (Å²) in [6, 6.07) is 1.84. The number of hydrogen-bond donors (Lipinski definition) is 0. The summed E-state index contributed by atoms with van der Waals surface area (Å²) in [7, 11) is 0. The van der Waals surface area contributed by atoms with E-state index in [1.165, 1.54) is 0 Å². The third kappa shape index (κ3) is 2.24. The molecule has 0 aliphatic rings. The molecule has 0 aliphatic carbocycles. The molecule has 0 saturated carbocycles. The number of benzene rings is 1. The van der Waals surface area contributed by atoms with E-state index in [0.29, 0.717) is 10.0 Å². The van der Waals surface area contributed by atoms with Crippen molar-refractivity contribution < 1.29 is 0 Å². The smallest absolute Gasteiger partial charge is 0.0715 e. The molecule has 1 aromatic carbocycles. The average molecular weight is 431 g/mol. The topological polar surface area (TPSA) is 0 Å². The van der Waals surface area contributed by atoms with Crippen LogP contribution in [0, 0.1) is 3.57 Å². The molecule has 0 amide bonds. The standard InChI is InChI=1S/C6HBr2Cl2I/c7-4-2(9)1-3(11)5(8)6(4)10/h1H. The van der Waals surface area contributed by atoms with Crippen molar-refractivity contribution in [1.29, 1.82) is 0 Å². The number of halogens is 5. The zero-order chi connectivity index (χ0) is 8.59. The van der Waals surface area contributed by atoms with Crippen molar-refractivity contribution in [3.05, 3.63) is 28.6 Å². The Hall–Kier alpha value is 1.49. The van der Waals surface area contributed by atoms with Crippen molar-refractivity contribution in [2.45, 2.75) is 0 Å². The lowest BCUT2D eigenvalue weighted by atomic mass is 10.4. The van der Waals surface area contributed by atoms with Gasteiger partial charge in [-0.1, -0.05) is 23.2 Å². The summed E-state index contributed by atoms with van der Waals surface area (Å²) in [5.41, 5.74) is 0. The average Bonchev–Trinajstić information content (AvgIpc) is 1.97. The maximum atomic E-state index is 5.91. The molecule has 0 N–H and O–H groups in total. The zero-order valence-electron chi connectivity index (χ0n) is 4.97. The molecule has 1 rings (SSSR count). The lowest BCUT2D eigenvalue weighted by Crippen LogP contribution is -1.79. The van der Waals surface area contributed by atoms with Gasteiger partial charge in [-0.15, -0.1) is 0 Å². The SMILES string of the molecule is Clc1cc(I)c(Br)c(Cl)c1Br. The van der Waals surface area contributed by atoms with Crippen molar-refractivity contribution in [1.82, 2.24) is 0 Å². The minimum atomic E-state index is 0.613. The van der Waals surface area contributed by atoms with E-state index in [1.54, 1.807) is 0 Å². The fourth-order valence-electron chi connectivity index (χ4n) is 0.544. The van der Waals surface area contributed by atoms with Gasteiger partial charge < -0.3 is 0 Å². The second-order valence-electron chi connectivity index (χ2n) is 1.78. The van der Waals surface area contributed by atoms with Gasteiger partial charge in [0, 0.05) is 3.57 Å². The van der Waals surface area contributed by atoms with Crippen molar-refractivity contribution in [3.8, 4) is 0 Å². The lowest BCUT2D eigenvalue weighted by molar-refractivity contribution is 1.54. The van der Waals surface area contributed by atoms with E-state index in [-0.39, 0.29) is 0 Å². The molecule has 1 aromatic rings. The van der Waals surface area contributed by atoms with Crippen LogP contribution in [-0.2, 0) is 0 Å². The highest BCUT2D eigenvalue weighted by molar-refractivity contribution is 14.1. The highest BCUT2D eigenvalue weighted by Gasteiger charge is 2.09. The second kappa shape index (κ2) is 4.13. The van der Waals surface area contributed by atoms with Crippen LogP contribution in [0.5, 0.6) is 0 Å². The molecule has 11 heavy (non-hydrogen) atoms. The van der Waals surface area contributed by atoms with Crippen LogP contribution in [0.3, 0.4) is 0 Å². The maximum Gasteiger partial charge on any atom is 0.0715 e. The molecule has 0 atom stereocenters. The molecular formula is C6HBr2Cl2I. The van der Waals surface area contributed by atoms with E-state index in [1.807, 2.05) is 6.07 Å². The molecule has 0 aromatic heterocycles. The van der Waals surface area contributed by atoms with Crippen molar-refractivity contribution in [2.75, 3.05) is 0 Å². The monoisotopic (exact) mass is 428 g/mol. The molecule has 0 aliphatic heterocycles. The molecule has 0 nitrogen and oxygen atoms in total. The Bertz CT molecular complexity index is 275. The van der Waals surface area contributed by atoms with Crippen LogP contribution in [0.2, 0.25) is 10.0 Å². The third-order valence-corrected chi connectivity index (χ3v) is 5.66. The van der Waals surface area contributed by atoms with Crippen LogP contribution in [0.25, 0.3) is 0 Å². The summed E-state index contributed by atoms with van der Waals surface area (Å²) in [4.78, 5) is 0. The Morgan fingerprint density at radius 1 is 1.18 bits per heavy atom. The van der Waals surface area contributed by atoms with Gasteiger partial charge in [0.15, 0.2) is 0 Å². The highest BCUT2D eigenvalue weighted by Crippen LogP contribution is 2.38. The second-order valence-corrected chi connectivity index (χ2v) is 5.32. The Morgan fingerprint density at radius 2 is 1.73 bits per heavy atom. The summed E-state index contributed by atoms with van der Waals surface area (Å²) in [5.74, 6) is 0. The first-order valence-electron chi connectivity index (χ1n) is 2.52. The largest absolute Gasteiger partial charge is 0.0830 e. The third-order valence-electron chi connectivity index (χ3n) is 1.06. The Balaban J connectivity index is 3.46. The summed E-state index contributed by atoms with van der Waals surface area (Å²) in [6.07, 6.45) is 0. The molecule has 0 radical (unpaired) electrons. The molecular weight excluding hydrogens is 430 g/mol. The molecule has 0 heterocycles. The summed E-state index contributed by atoms with van der Waals surface area (Å²) >= 11 is 20.5. The van der Waals surface area contributed by atoms with Crippen LogP contribution in [0.4, 0.5) is 0 Å². The predicted octanol–water partition coefficient (Wildman–Crippen LogP) is 5.12. The van der Waals surface area contributed by atoms with Gasteiger partial charge in [-0.2, -0.15) is 0 Å². The fourth-order valence-corrected chi connectivity index (χ4v) is 2.82. The first-order valence-corrected chi connectivity index (χ1v) is 5.94. The zero-order valence-corrected chi connectivity index (χ0v) is 11.8. The predicted molar refractivity (Wildman–Crippen MR) is 64.6 cm³/mol. The van der Waals surface area contributed by atoms with Crippen LogP contribution in [-0.4, -0.2) is 0 Å². The first kappa shape index (κ1) is 10.6. The van der Waals surface area contributed by atoms with Gasteiger partial charge in [0.25, 0.3) is 0 Å². The molecule has 5 heteroatoms. The first-order chi connectivity index (χ1) is 5.04. The van der Waals surface area contributed by atoms with Crippen LogP contribution < -0.4 is 0 Å². The van der Waals surface area contributed by atoms with Gasteiger partial charge in [-0.3, -0.25) is 0 Å². The Morgan fingerprint density at radius 3 is 2.27 bits per heavy atom. The molecule has 0 spiro atoms. The van der Waals surface area contributed by atoms with Crippen LogP contribution >= 0.6 is 77.7 Å². The minimum absolute atomic E-state index is 0.613. The Kier molecular flexibility index (Phi) is 3.97. The van der Waals surface area contributed by atoms with E-state index >= 15 is 0 Å². The van der Waals surface area contributed by atoms with Crippen molar-refractivity contribution >= 4 is 77.7 Å². The van der Waals surface area contributed by atoms with Crippen LogP contribution in [0.1, 0.15) is 0 Å². The van der Waals surface area contributed by atoms with E-state index in [4.69, 9.17) is 23.2 Å². The Labute approximate surface area is 105 Å². The van der Waals surface area contributed by atoms with Gasteiger partial charge in [-0.25, -0.2) is 0 Å². The molecule has 0 unspecified atom stereocenters. The molecule has 0 bridgehead atoms. The van der Waals surface area contributed by atoms with Gasteiger partial charge in [-0.05, 0) is 60.5 Å². The fraction of sp³-hybridized carbons (Fsp3) is 0. The molecule has 0 saturated heterocycles. The van der Waals surface area contributed by atoms with E-state index < -0.39 is 0 Å². The van der Waals surface area contributed by atoms with Gasteiger partial charge in [0.1, 0.15) is 0 Å². The van der Waals surface area contributed by atoms with Crippen LogP contribution in [0.15, 0.2) is 15.0 Å². The molecule has 0 fully saturated rings. The molecule has 60 valence electrons. The number of rotatable bonds is 0. The van der Waals surface area contributed by atoms with Gasteiger partial charge in [0.05, 0.1) is 19.0 Å². The normalized spacial score (nSPS) is 10.3. The van der Waals surface area contributed by atoms with E-state index in [0.717, 1.165) is 12.5 Å². The quantitative estimate of drug-likeness (QED) is 0.304. The summed E-state index contributed by atoms with van der Waals surface area (Å²) < 4.78 is 2.60. The van der Waals surface area contributed by atoms with Gasteiger partial charge >= 0.3 is 0 Å². The highest BCUT2D eigenvalue weighted by atomic mass is 127. The van der Waals surface area contributed by atoms with E-state index in [2.05, 4.69) is 54.5 Å². The van der Waals surface area contributed by atoms with Crippen molar-refractivity contribution in [2.24, 2.45) is 0 Å². The van der Waals surface area contributed by atoms with Gasteiger partial charge in [0.2, 0.25) is 0 Å². The van der Waals surface area contributed by atoms with Crippen molar-refractivity contribution in [3.63, 3.8) is 0 Å². The summed E-state index contributed by atoms with van der Waals surface area (Å²) in [5, 5.41) is 1.24.